The maximum absolute atomic E-state index is 12.0. The van der Waals surface area contributed by atoms with E-state index < -0.39 is 0 Å². The third-order valence-corrected chi connectivity index (χ3v) is 5.65. The van der Waals surface area contributed by atoms with Gasteiger partial charge >= 0.3 is 0 Å². The van der Waals surface area contributed by atoms with E-state index in [2.05, 4.69) is 31.7 Å². The average Bonchev–Trinajstić information content (AvgIpc) is 2.93. The maximum atomic E-state index is 12.0. The molecule has 2 amide bonds. The predicted molar refractivity (Wildman–Crippen MR) is 166 cm³/mol. The molecule has 4 N–H and O–H groups in total. The first-order valence-electron chi connectivity index (χ1n) is 13.0. The van der Waals surface area contributed by atoms with Crippen molar-refractivity contribution < 1.29 is 9.59 Å². The normalized spacial score (nSPS) is 12.0. The number of carbonyl (C=O) groups excluding carboxylic acids is 2. The Labute approximate surface area is 236 Å². The number of rotatable bonds is 12. The van der Waals surface area contributed by atoms with Crippen LogP contribution in [0.5, 0.6) is 0 Å². The van der Waals surface area contributed by atoms with Crippen LogP contribution in [0, 0.1) is 13.8 Å². The number of aryl methyl sites for hydroxylation is 2. The van der Waals surface area contributed by atoms with Gasteiger partial charge in [0.15, 0.2) is 0 Å². The molecular formula is C32H36N6O2. The van der Waals surface area contributed by atoms with E-state index in [1.165, 1.54) is 11.1 Å². The molecule has 3 rings (SSSR count). The van der Waals surface area contributed by atoms with Crippen LogP contribution in [-0.4, -0.2) is 37.3 Å². The van der Waals surface area contributed by atoms with Crippen molar-refractivity contribution in [1.82, 2.24) is 10.9 Å². The van der Waals surface area contributed by atoms with Crippen molar-refractivity contribution in [3.63, 3.8) is 0 Å². The third kappa shape index (κ3) is 11.2. The van der Waals surface area contributed by atoms with Gasteiger partial charge in [0.25, 0.3) is 11.8 Å². The minimum absolute atomic E-state index is 0.139. The highest BCUT2D eigenvalue weighted by Crippen LogP contribution is 2.12. The van der Waals surface area contributed by atoms with E-state index in [4.69, 9.17) is 0 Å². The van der Waals surface area contributed by atoms with Crippen LogP contribution in [0.2, 0.25) is 0 Å². The first-order valence-corrected chi connectivity index (χ1v) is 13.0. The molecular weight excluding hydrogens is 500 g/mol. The summed E-state index contributed by atoms with van der Waals surface area (Å²) in [6, 6.07) is 23.7. The number of amides is 2. The van der Waals surface area contributed by atoms with E-state index in [-0.39, 0.29) is 24.9 Å². The number of carbonyl (C=O) groups is 2. The fourth-order valence-electron chi connectivity index (χ4n) is 3.49. The first kappa shape index (κ1) is 29.6. The van der Waals surface area contributed by atoms with Crippen LogP contribution >= 0.6 is 0 Å². The number of allylic oxidation sites excluding steroid dienone is 2. The number of hydrogen-bond acceptors (Lipinski definition) is 6. The van der Waals surface area contributed by atoms with Crippen LogP contribution in [0.25, 0.3) is 12.2 Å². The third-order valence-electron chi connectivity index (χ3n) is 5.65. The molecule has 0 spiro atoms. The SMILES string of the molecule is CC(C=NNC(=O)CNc1ccc(C)cc1)=Cc1ccc(C=C(C)C=NNC(=O)CNc2ccc(C)cc2)cc1. The van der Waals surface area contributed by atoms with Gasteiger partial charge in [-0.3, -0.25) is 9.59 Å². The summed E-state index contributed by atoms with van der Waals surface area (Å²) in [5.74, 6) is -0.448. The second-order valence-corrected chi connectivity index (χ2v) is 9.47. The van der Waals surface area contributed by atoms with Crippen molar-refractivity contribution in [2.24, 2.45) is 10.2 Å². The highest BCUT2D eigenvalue weighted by molar-refractivity contribution is 5.88. The Balaban J connectivity index is 1.40. The molecule has 0 aliphatic carbocycles. The summed E-state index contributed by atoms with van der Waals surface area (Å²) in [6.07, 6.45) is 7.18. The second-order valence-electron chi connectivity index (χ2n) is 9.47. The molecule has 0 fully saturated rings. The molecule has 3 aromatic rings. The van der Waals surface area contributed by atoms with E-state index in [0.29, 0.717) is 0 Å². The molecule has 0 radical (unpaired) electrons. The largest absolute Gasteiger partial charge is 0.376 e. The van der Waals surface area contributed by atoms with Crippen LogP contribution in [0.3, 0.4) is 0 Å². The van der Waals surface area contributed by atoms with Crippen LogP contribution in [0.1, 0.15) is 36.1 Å². The first-order chi connectivity index (χ1) is 19.3. The van der Waals surface area contributed by atoms with E-state index in [1.807, 2.05) is 113 Å². The van der Waals surface area contributed by atoms with Crippen LogP contribution in [0.15, 0.2) is 94.1 Å². The smallest absolute Gasteiger partial charge is 0.259 e. The lowest BCUT2D eigenvalue weighted by atomic mass is 10.1. The van der Waals surface area contributed by atoms with Gasteiger partial charge in [0.1, 0.15) is 0 Å². The van der Waals surface area contributed by atoms with Gasteiger partial charge in [0, 0.05) is 11.4 Å². The van der Waals surface area contributed by atoms with Crippen LogP contribution in [-0.2, 0) is 9.59 Å². The zero-order valence-electron chi connectivity index (χ0n) is 23.4. The molecule has 0 bridgehead atoms. The molecule has 0 saturated heterocycles. The lowest BCUT2D eigenvalue weighted by Crippen LogP contribution is -2.25. The summed E-state index contributed by atoms with van der Waals surface area (Å²) < 4.78 is 0. The predicted octanol–water partition coefficient (Wildman–Crippen LogP) is 5.54. The topological polar surface area (TPSA) is 107 Å². The Morgan fingerprint density at radius 3 is 1.30 bits per heavy atom. The molecule has 0 aromatic heterocycles. The lowest BCUT2D eigenvalue weighted by molar-refractivity contribution is -0.120. The molecule has 3 aromatic carbocycles. The average molecular weight is 537 g/mol. The fourth-order valence-corrected chi connectivity index (χ4v) is 3.49. The maximum Gasteiger partial charge on any atom is 0.259 e. The number of nitrogens with zero attached hydrogens (tertiary/aromatic N) is 2. The molecule has 0 saturated carbocycles. The number of benzene rings is 3. The Kier molecular flexibility index (Phi) is 11.4. The number of nitrogens with one attached hydrogen (secondary N) is 4. The van der Waals surface area contributed by atoms with Crippen LogP contribution < -0.4 is 21.5 Å². The van der Waals surface area contributed by atoms with Gasteiger partial charge in [0.2, 0.25) is 0 Å². The molecule has 0 aliphatic heterocycles. The van der Waals surface area contributed by atoms with E-state index in [1.54, 1.807) is 12.4 Å². The molecule has 0 atom stereocenters. The Morgan fingerprint density at radius 2 is 0.950 bits per heavy atom. The number of hydrogen-bond donors (Lipinski definition) is 4. The quantitative estimate of drug-likeness (QED) is 0.180. The molecule has 0 heterocycles. The van der Waals surface area contributed by atoms with Crippen molar-refractivity contribution in [3.05, 3.63) is 106 Å². The molecule has 8 heteroatoms. The van der Waals surface area contributed by atoms with Gasteiger partial charge in [-0.15, -0.1) is 0 Å². The second kappa shape index (κ2) is 15.4. The Morgan fingerprint density at radius 1 is 0.600 bits per heavy atom. The van der Waals surface area contributed by atoms with Gasteiger partial charge in [0.05, 0.1) is 25.5 Å². The summed E-state index contributed by atoms with van der Waals surface area (Å²) in [4.78, 5) is 24.0. The lowest BCUT2D eigenvalue weighted by Gasteiger charge is -2.05. The molecule has 8 nitrogen and oxygen atoms in total. The summed E-state index contributed by atoms with van der Waals surface area (Å²) in [6.45, 7) is 8.14. The molecule has 0 unspecified atom stereocenters. The highest BCUT2D eigenvalue weighted by atomic mass is 16.2. The Bertz CT molecular complexity index is 1280. The minimum Gasteiger partial charge on any atom is -0.376 e. The molecule has 40 heavy (non-hydrogen) atoms. The highest BCUT2D eigenvalue weighted by Gasteiger charge is 2.00. The van der Waals surface area contributed by atoms with Crippen molar-refractivity contribution in [2.75, 3.05) is 23.7 Å². The summed E-state index contributed by atoms with van der Waals surface area (Å²) in [7, 11) is 0. The van der Waals surface area contributed by atoms with Crippen molar-refractivity contribution in [2.45, 2.75) is 27.7 Å². The van der Waals surface area contributed by atoms with Gasteiger partial charge < -0.3 is 10.6 Å². The summed E-state index contributed by atoms with van der Waals surface area (Å²) in [5, 5.41) is 14.2. The standard InChI is InChI=1S/C32H36N6O2/c1-23-5-13-29(14-6-23)33-21-31(39)37-35-19-25(3)17-27-9-11-28(12-10-27)18-26(4)20-36-38-32(40)22-34-30-15-7-24(2)8-16-30/h5-20,33-34H,21-22H2,1-4H3,(H,37,39)(H,38,40). The molecule has 206 valence electrons. The van der Waals surface area contributed by atoms with Gasteiger partial charge in [-0.25, -0.2) is 10.9 Å². The minimum atomic E-state index is -0.224. The number of hydrazone groups is 2. The molecule has 0 aliphatic rings. The Hall–Kier alpha value is -4.98. The number of anilines is 2. The summed E-state index contributed by atoms with van der Waals surface area (Å²) >= 11 is 0. The van der Waals surface area contributed by atoms with E-state index in [0.717, 1.165) is 33.6 Å². The zero-order valence-corrected chi connectivity index (χ0v) is 23.4. The van der Waals surface area contributed by atoms with Gasteiger partial charge in [-0.2, -0.15) is 10.2 Å². The zero-order chi connectivity index (χ0) is 28.7. The van der Waals surface area contributed by atoms with Crippen molar-refractivity contribution in [1.29, 1.82) is 0 Å². The van der Waals surface area contributed by atoms with E-state index in [9.17, 15) is 9.59 Å². The van der Waals surface area contributed by atoms with Gasteiger partial charge in [-0.1, -0.05) is 71.8 Å². The van der Waals surface area contributed by atoms with E-state index >= 15 is 0 Å². The monoisotopic (exact) mass is 536 g/mol. The summed E-state index contributed by atoms with van der Waals surface area (Å²) in [5.41, 5.74) is 13.0. The van der Waals surface area contributed by atoms with Crippen LogP contribution in [0.4, 0.5) is 11.4 Å². The van der Waals surface area contributed by atoms with Crippen molar-refractivity contribution in [3.8, 4) is 0 Å². The van der Waals surface area contributed by atoms with Crippen molar-refractivity contribution >= 4 is 47.8 Å². The fraction of sp³-hybridized carbons (Fsp3) is 0.188. The van der Waals surface area contributed by atoms with Gasteiger partial charge in [-0.05, 0) is 74.2 Å².